The number of nitrogens with one attached hydrogen (secondary N) is 3. The van der Waals surface area contributed by atoms with Gasteiger partial charge < -0.3 is 10.3 Å². The van der Waals surface area contributed by atoms with Crippen molar-refractivity contribution in [3.05, 3.63) is 24.3 Å². The van der Waals surface area contributed by atoms with Crippen molar-refractivity contribution in [1.29, 1.82) is 5.26 Å². The molecule has 1 heterocycles. The van der Waals surface area contributed by atoms with Gasteiger partial charge in [-0.3, -0.25) is 5.32 Å². The van der Waals surface area contributed by atoms with Crippen LogP contribution in [0.4, 0.5) is 10.7 Å². The number of H-pyrrole nitrogens is 1. The minimum atomic E-state index is -0.274. The van der Waals surface area contributed by atoms with Crippen LogP contribution in [0, 0.1) is 11.3 Å². The van der Waals surface area contributed by atoms with Crippen LogP contribution >= 0.6 is 0 Å². The molecule has 0 saturated heterocycles. The largest absolute Gasteiger partial charge is 0.338 e. The Labute approximate surface area is 117 Å². The molecular weight excluding hydrogens is 254 g/mol. The Kier molecular flexibility index (Phi) is 4.95. The summed E-state index contributed by atoms with van der Waals surface area (Å²) in [5.74, 6) is 0.438. The number of rotatable bonds is 6. The lowest BCUT2D eigenvalue weighted by Crippen LogP contribution is -2.29. The molecule has 6 nitrogen and oxygen atoms in total. The molecule has 6 heteroatoms. The molecule has 0 aliphatic rings. The van der Waals surface area contributed by atoms with Gasteiger partial charge in [0.25, 0.3) is 0 Å². The smallest absolute Gasteiger partial charge is 0.321 e. The third-order valence-corrected chi connectivity index (χ3v) is 2.87. The van der Waals surface area contributed by atoms with Gasteiger partial charge in [0, 0.05) is 13.0 Å². The number of aromatic amines is 1. The van der Waals surface area contributed by atoms with Crippen molar-refractivity contribution in [2.75, 3.05) is 11.9 Å². The van der Waals surface area contributed by atoms with Crippen LogP contribution in [0.25, 0.3) is 11.0 Å². The van der Waals surface area contributed by atoms with Crippen molar-refractivity contribution in [2.45, 2.75) is 25.7 Å². The molecule has 0 aliphatic heterocycles. The Hall–Kier alpha value is -2.55. The molecule has 0 radical (unpaired) electrons. The van der Waals surface area contributed by atoms with E-state index >= 15 is 0 Å². The van der Waals surface area contributed by atoms with Crippen LogP contribution in [0.15, 0.2) is 24.3 Å². The number of anilines is 1. The summed E-state index contributed by atoms with van der Waals surface area (Å²) in [7, 11) is 0. The molecule has 2 aromatic rings. The van der Waals surface area contributed by atoms with Crippen molar-refractivity contribution < 1.29 is 4.79 Å². The molecule has 1 aromatic heterocycles. The molecule has 0 unspecified atom stereocenters. The van der Waals surface area contributed by atoms with Crippen molar-refractivity contribution in [3.63, 3.8) is 0 Å². The molecule has 0 saturated carbocycles. The molecule has 0 fully saturated rings. The molecule has 0 aliphatic carbocycles. The molecule has 3 N–H and O–H groups in total. The number of para-hydroxylation sites is 2. The molecule has 0 spiro atoms. The number of amides is 2. The molecule has 1 aromatic carbocycles. The second-order valence-electron chi connectivity index (χ2n) is 4.45. The van der Waals surface area contributed by atoms with E-state index < -0.39 is 0 Å². The van der Waals surface area contributed by atoms with Crippen LogP contribution in [0.5, 0.6) is 0 Å². The highest BCUT2D eigenvalue weighted by Gasteiger charge is 2.05. The first-order chi connectivity index (χ1) is 9.79. The number of hydrogen-bond donors (Lipinski definition) is 3. The summed E-state index contributed by atoms with van der Waals surface area (Å²) in [4.78, 5) is 18.9. The van der Waals surface area contributed by atoms with Gasteiger partial charge in [0.05, 0.1) is 17.1 Å². The highest BCUT2D eigenvalue weighted by molar-refractivity contribution is 5.89. The standard InChI is InChI=1S/C14H17N5O/c15-9-5-1-2-6-10-16-14(20)19-13-17-11-7-3-4-8-12(11)18-13/h3-4,7-8H,1-2,5-6,10H2,(H3,16,17,18,19,20). The van der Waals surface area contributed by atoms with E-state index in [9.17, 15) is 4.79 Å². The number of carbonyl (C=O) groups is 1. The summed E-state index contributed by atoms with van der Waals surface area (Å²) in [6, 6.07) is 9.41. The first-order valence-corrected chi connectivity index (χ1v) is 6.66. The number of urea groups is 1. The van der Waals surface area contributed by atoms with Crippen LogP contribution in [0.1, 0.15) is 25.7 Å². The summed E-state index contributed by atoms with van der Waals surface area (Å²) < 4.78 is 0. The molecule has 2 amide bonds. The number of nitrogens with zero attached hydrogens (tertiary/aromatic N) is 2. The van der Waals surface area contributed by atoms with Crippen LogP contribution in [0.3, 0.4) is 0 Å². The number of carbonyl (C=O) groups excluding carboxylic acids is 1. The van der Waals surface area contributed by atoms with E-state index in [1.54, 1.807) is 0 Å². The lowest BCUT2D eigenvalue weighted by molar-refractivity contribution is 0.251. The van der Waals surface area contributed by atoms with E-state index in [2.05, 4.69) is 26.7 Å². The lowest BCUT2D eigenvalue weighted by atomic mass is 10.2. The zero-order chi connectivity index (χ0) is 14.2. The Bertz CT molecular complexity index is 580. The average Bonchev–Trinajstić information content (AvgIpc) is 2.84. The summed E-state index contributed by atoms with van der Waals surface area (Å²) in [5.41, 5.74) is 1.71. The second kappa shape index (κ2) is 7.14. The number of imidazole rings is 1. The van der Waals surface area contributed by atoms with Crippen LogP contribution in [-0.4, -0.2) is 22.5 Å². The van der Waals surface area contributed by atoms with Gasteiger partial charge in [-0.15, -0.1) is 0 Å². The minimum Gasteiger partial charge on any atom is -0.338 e. The topological polar surface area (TPSA) is 93.6 Å². The fraction of sp³-hybridized carbons (Fsp3) is 0.357. The number of benzene rings is 1. The molecule has 104 valence electrons. The Morgan fingerprint density at radius 2 is 2.15 bits per heavy atom. The van der Waals surface area contributed by atoms with Gasteiger partial charge in [-0.1, -0.05) is 18.6 Å². The normalized spacial score (nSPS) is 10.2. The van der Waals surface area contributed by atoms with E-state index in [1.165, 1.54) is 0 Å². The van der Waals surface area contributed by atoms with Gasteiger partial charge in [-0.05, 0) is 25.0 Å². The van der Waals surface area contributed by atoms with Gasteiger partial charge >= 0.3 is 6.03 Å². The zero-order valence-electron chi connectivity index (χ0n) is 11.1. The van der Waals surface area contributed by atoms with E-state index in [4.69, 9.17) is 5.26 Å². The van der Waals surface area contributed by atoms with Gasteiger partial charge in [0.2, 0.25) is 5.95 Å². The maximum atomic E-state index is 11.6. The second-order valence-corrected chi connectivity index (χ2v) is 4.45. The van der Waals surface area contributed by atoms with Crippen molar-refractivity contribution in [2.24, 2.45) is 0 Å². The predicted molar refractivity (Wildman–Crippen MR) is 77.2 cm³/mol. The van der Waals surface area contributed by atoms with Gasteiger partial charge in [0.1, 0.15) is 0 Å². The summed E-state index contributed by atoms with van der Waals surface area (Å²) in [6.45, 7) is 0.595. The van der Waals surface area contributed by atoms with Crippen LogP contribution in [-0.2, 0) is 0 Å². The Morgan fingerprint density at radius 1 is 1.30 bits per heavy atom. The fourth-order valence-electron chi connectivity index (χ4n) is 1.87. The van der Waals surface area contributed by atoms with Gasteiger partial charge in [0.15, 0.2) is 0 Å². The first-order valence-electron chi connectivity index (χ1n) is 6.66. The Balaban J connectivity index is 1.73. The van der Waals surface area contributed by atoms with Crippen molar-refractivity contribution >= 4 is 23.0 Å². The molecule has 2 rings (SSSR count). The summed E-state index contributed by atoms with van der Waals surface area (Å²) in [6.07, 6.45) is 3.27. The summed E-state index contributed by atoms with van der Waals surface area (Å²) in [5, 5.41) is 13.8. The zero-order valence-corrected chi connectivity index (χ0v) is 11.1. The molecule has 0 bridgehead atoms. The summed E-state index contributed by atoms with van der Waals surface area (Å²) >= 11 is 0. The molecule has 20 heavy (non-hydrogen) atoms. The predicted octanol–water partition coefficient (Wildman–Crippen LogP) is 2.77. The average molecular weight is 271 g/mol. The third-order valence-electron chi connectivity index (χ3n) is 2.87. The highest BCUT2D eigenvalue weighted by atomic mass is 16.2. The van der Waals surface area contributed by atoms with Crippen LogP contribution in [0.2, 0.25) is 0 Å². The number of aromatic nitrogens is 2. The number of nitriles is 1. The van der Waals surface area contributed by atoms with E-state index in [0.717, 1.165) is 30.3 Å². The minimum absolute atomic E-state index is 0.274. The molecule has 0 atom stereocenters. The lowest BCUT2D eigenvalue weighted by Gasteiger charge is -2.04. The molecular formula is C14H17N5O. The van der Waals surface area contributed by atoms with E-state index in [1.807, 2.05) is 24.3 Å². The van der Waals surface area contributed by atoms with Gasteiger partial charge in [-0.2, -0.15) is 5.26 Å². The number of hydrogen-bond acceptors (Lipinski definition) is 3. The Morgan fingerprint density at radius 3 is 2.95 bits per heavy atom. The van der Waals surface area contributed by atoms with Gasteiger partial charge in [-0.25, -0.2) is 9.78 Å². The SMILES string of the molecule is N#CCCCCCNC(=O)Nc1nc2ccccc2[nH]1. The quantitative estimate of drug-likeness (QED) is 0.705. The van der Waals surface area contributed by atoms with Crippen molar-refractivity contribution in [3.8, 4) is 6.07 Å². The monoisotopic (exact) mass is 271 g/mol. The van der Waals surface area contributed by atoms with E-state index in [0.29, 0.717) is 18.9 Å². The maximum absolute atomic E-state index is 11.6. The van der Waals surface area contributed by atoms with E-state index in [-0.39, 0.29) is 6.03 Å². The maximum Gasteiger partial charge on any atom is 0.321 e. The van der Waals surface area contributed by atoms with Crippen molar-refractivity contribution in [1.82, 2.24) is 15.3 Å². The fourth-order valence-corrected chi connectivity index (χ4v) is 1.87. The highest BCUT2D eigenvalue weighted by Crippen LogP contribution is 2.12. The third kappa shape index (κ3) is 3.99. The number of fused-ring (bicyclic) bond motifs is 1. The number of unbranched alkanes of at least 4 members (excludes halogenated alkanes) is 3. The first kappa shape index (κ1) is 13.9. The van der Waals surface area contributed by atoms with Crippen LogP contribution < -0.4 is 10.6 Å².